The highest BCUT2D eigenvalue weighted by Crippen LogP contribution is 2.30. The van der Waals surface area contributed by atoms with Crippen molar-refractivity contribution < 1.29 is 4.79 Å². The number of hydrogen-bond donors (Lipinski definition) is 1. The van der Waals surface area contributed by atoms with Crippen molar-refractivity contribution in [1.29, 1.82) is 0 Å². The smallest absolute Gasteiger partial charge is 0.254 e. The summed E-state index contributed by atoms with van der Waals surface area (Å²) >= 11 is 12.0. The van der Waals surface area contributed by atoms with Crippen LogP contribution in [0, 0.1) is 0 Å². The zero-order valence-electron chi connectivity index (χ0n) is 11.1. The zero-order chi connectivity index (χ0) is 14.3. The van der Waals surface area contributed by atoms with Gasteiger partial charge in [0.05, 0.1) is 15.7 Å². The van der Waals surface area contributed by atoms with E-state index in [9.17, 15) is 4.79 Å². The van der Waals surface area contributed by atoms with Crippen molar-refractivity contribution in [1.82, 2.24) is 9.80 Å². The third-order valence-corrected chi connectivity index (χ3v) is 4.62. The number of piperazine rings is 1. The molecule has 6 heteroatoms. The van der Waals surface area contributed by atoms with Crippen molar-refractivity contribution >= 4 is 34.8 Å². The van der Waals surface area contributed by atoms with Crippen LogP contribution in [0.2, 0.25) is 10.0 Å². The average Bonchev–Trinajstić information content (AvgIpc) is 3.28. The number of rotatable bonds is 2. The molecule has 2 aliphatic rings. The molecule has 0 bridgehead atoms. The molecule has 20 heavy (non-hydrogen) atoms. The van der Waals surface area contributed by atoms with E-state index in [4.69, 9.17) is 28.9 Å². The number of anilines is 1. The molecule has 2 fully saturated rings. The van der Waals surface area contributed by atoms with E-state index in [1.807, 2.05) is 4.90 Å². The maximum absolute atomic E-state index is 12.5. The SMILES string of the molecule is Nc1c(Cl)cc(C(=O)N2CCN(C3CC3)CC2)cc1Cl. The Morgan fingerprint density at radius 3 is 2.15 bits per heavy atom. The summed E-state index contributed by atoms with van der Waals surface area (Å²) in [6, 6.07) is 3.95. The predicted molar refractivity (Wildman–Crippen MR) is 81.4 cm³/mol. The van der Waals surface area contributed by atoms with Crippen molar-refractivity contribution in [3.05, 3.63) is 27.7 Å². The second-order valence-corrected chi connectivity index (χ2v) is 6.23. The summed E-state index contributed by atoms with van der Waals surface area (Å²) in [7, 11) is 0. The summed E-state index contributed by atoms with van der Waals surface area (Å²) in [5, 5.41) is 0.662. The molecule has 1 saturated carbocycles. The van der Waals surface area contributed by atoms with E-state index < -0.39 is 0 Å². The highest BCUT2D eigenvalue weighted by Gasteiger charge is 2.32. The first-order valence-electron chi connectivity index (χ1n) is 6.84. The molecular weight excluding hydrogens is 297 g/mol. The normalized spacial score (nSPS) is 20.2. The van der Waals surface area contributed by atoms with E-state index in [2.05, 4.69) is 4.90 Å². The van der Waals surface area contributed by atoms with Crippen LogP contribution >= 0.6 is 23.2 Å². The van der Waals surface area contributed by atoms with Gasteiger partial charge in [-0.25, -0.2) is 0 Å². The fourth-order valence-electron chi connectivity index (χ4n) is 2.62. The van der Waals surface area contributed by atoms with Gasteiger partial charge in [0, 0.05) is 37.8 Å². The van der Waals surface area contributed by atoms with Crippen LogP contribution in [0.1, 0.15) is 23.2 Å². The van der Waals surface area contributed by atoms with Crippen LogP contribution < -0.4 is 5.73 Å². The topological polar surface area (TPSA) is 49.6 Å². The predicted octanol–water partition coefficient (Wildman–Crippen LogP) is 2.50. The van der Waals surface area contributed by atoms with E-state index in [0.717, 1.165) is 32.2 Å². The Morgan fingerprint density at radius 2 is 1.65 bits per heavy atom. The minimum absolute atomic E-state index is 0.0238. The molecular formula is C14H17Cl2N3O. The molecule has 1 aliphatic heterocycles. The Labute approximate surface area is 128 Å². The van der Waals surface area contributed by atoms with Gasteiger partial charge in [0.25, 0.3) is 5.91 Å². The fraction of sp³-hybridized carbons (Fsp3) is 0.500. The number of carbonyl (C=O) groups excluding carboxylic acids is 1. The third-order valence-electron chi connectivity index (χ3n) is 3.99. The van der Waals surface area contributed by atoms with Gasteiger partial charge in [-0.3, -0.25) is 9.69 Å². The minimum atomic E-state index is -0.0238. The standard InChI is InChI=1S/C14H17Cl2N3O/c15-11-7-9(8-12(16)13(11)17)14(20)19-5-3-18(4-6-19)10-1-2-10/h7-8,10H,1-6,17H2. The van der Waals surface area contributed by atoms with E-state index in [1.54, 1.807) is 12.1 Å². The number of amides is 1. The molecule has 0 spiro atoms. The van der Waals surface area contributed by atoms with Gasteiger partial charge in [-0.05, 0) is 25.0 Å². The van der Waals surface area contributed by atoms with E-state index in [-0.39, 0.29) is 5.91 Å². The Hall–Kier alpha value is -0.970. The first-order chi connectivity index (χ1) is 9.56. The molecule has 0 radical (unpaired) electrons. The van der Waals surface area contributed by atoms with Gasteiger partial charge in [0.2, 0.25) is 0 Å². The van der Waals surface area contributed by atoms with Crippen LogP contribution in [-0.2, 0) is 0 Å². The molecule has 3 rings (SSSR count). The first kappa shape index (κ1) is 14.0. The average molecular weight is 314 g/mol. The molecule has 108 valence electrons. The van der Waals surface area contributed by atoms with Crippen LogP contribution in [0.5, 0.6) is 0 Å². The van der Waals surface area contributed by atoms with Crippen molar-refractivity contribution in [3.8, 4) is 0 Å². The second-order valence-electron chi connectivity index (χ2n) is 5.41. The molecule has 1 aromatic carbocycles. The summed E-state index contributed by atoms with van der Waals surface area (Å²) in [6.07, 6.45) is 2.61. The lowest BCUT2D eigenvalue weighted by molar-refractivity contribution is 0.0627. The van der Waals surface area contributed by atoms with E-state index in [0.29, 0.717) is 21.3 Å². The Kier molecular flexibility index (Phi) is 3.80. The molecule has 0 atom stereocenters. The van der Waals surface area contributed by atoms with Gasteiger partial charge in [0.1, 0.15) is 0 Å². The highest BCUT2D eigenvalue weighted by atomic mass is 35.5. The maximum Gasteiger partial charge on any atom is 0.254 e. The van der Waals surface area contributed by atoms with Gasteiger partial charge < -0.3 is 10.6 Å². The van der Waals surface area contributed by atoms with Crippen molar-refractivity contribution in [3.63, 3.8) is 0 Å². The lowest BCUT2D eigenvalue weighted by Crippen LogP contribution is -2.49. The van der Waals surface area contributed by atoms with Gasteiger partial charge in [-0.15, -0.1) is 0 Å². The molecule has 1 saturated heterocycles. The second kappa shape index (κ2) is 5.43. The minimum Gasteiger partial charge on any atom is -0.396 e. The van der Waals surface area contributed by atoms with E-state index >= 15 is 0 Å². The van der Waals surface area contributed by atoms with E-state index in [1.165, 1.54) is 12.8 Å². The fourth-order valence-corrected chi connectivity index (χ4v) is 3.11. The molecule has 1 heterocycles. The van der Waals surface area contributed by atoms with Gasteiger partial charge in [-0.2, -0.15) is 0 Å². The molecule has 1 aliphatic carbocycles. The summed E-state index contributed by atoms with van der Waals surface area (Å²) in [4.78, 5) is 16.8. The zero-order valence-corrected chi connectivity index (χ0v) is 12.6. The van der Waals surface area contributed by atoms with Crippen LogP contribution in [0.3, 0.4) is 0 Å². The lowest BCUT2D eigenvalue weighted by atomic mass is 10.1. The van der Waals surface area contributed by atoms with Crippen LogP contribution in [0.15, 0.2) is 12.1 Å². The lowest BCUT2D eigenvalue weighted by Gasteiger charge is -2.34. The number of nitrogens with zero attached hydrogens (tertiary/aromatic N) is 2. The molecule has 1 aromatic rings. The summed E-state index contributed by atoms with van der Waals surface area (Å²) in [5.74, 6) is -0.0238. The number of carbonyl (C=O) groups is 1. The van der Waals surface area contributed by atoms with Crippen LogP contribution in [-0.4, -0.2) is 47.9 Å². The third kappa shape index (κ3) is 2.73. The monoisotopic (exact) mass is 313 g/mol. The van der Waals surface area contributed by atoms with Crippen LogP contribution in [0.4, 0.5) is 5.69 Å². The van der Waals surface area contributed by atoms with Crippen molar-refractivity contribution in [2.24, 2.45) is 0 Å². The number of benzene rings is 1. The molecule has 0 unspecified atom stereocenters. The van der Waals surface area contributed by atoms with Crippen molar-refractivity contribution in [2.45, 2.75) is 18.9 Å². The maximum atomic E-state index is 12.5. The quantitative estimate of drug-likeness (QED) is 0.853. The van der Waals surface area contributed by atoms with Crippen molar-refractivity contribution in [2.75, 3.05) is 31.9 Å². The highest BCUT2D eigenvalue weighted by molar-refractivity contribution is 6.39. The summed E-state index contributed by atoms with van der Waals surface area (Å²) in [5.41, 5.74) is 6.52. The Morgan fingerprint density at radius 1 is 1.10 bits per heavy atom. The largest absolute Gasteiger partial charge is 0.396 e. The van der Waals surface area contributed by atoms with Gasteiger partial charge in [0.15, 0.2) is 0 Å². The summed E-state index contributed by atoms with van der Waals surface area (Å²) < 4.78 is 0. The first-order valence-corrected chi connectivity index (χ1v) is 7.59. The van der Waals surface area contributed by atoms with Gasteiger partial charge >= 0.3 is 0 Å². The Bertz CT molecular complexity index is 514. The number of halogens is 2. The number of nitrogens with two attached hydrogens (primary N) is 1. The molecule has 4 nitrogen and oxygen atoms in total. The molecule has 0 aromatic heterocycles. The van der Waals surface area contributed by atoms with Crippen LogP contribution in [0.25, 0.3) is 0 Å². The van der Waals surface area contributed by atoms with Gasteiger partial charge in [-0.1, -0.05) is 23.2 Å². The molecule has 2 N–H and O–H groups in total. The number of hydrogen-bond acceptors (Lipinski definition) is 3. The summed E-state index contributed by atoms with van der Waals surface area (Å²) in [6.45, 7) is 3.42. The molecule has 1 amide bonds. The number of nitrogen functional groups attached to an aromatic ring is 1. The Balaban J connectivity index is 1.70.